The monoisotopic (exact) mass is 423 g/mol. The molecule has 0 aromatic heterocycles. The average molecular weight is 426 g/mol. The highest BCUT2D eigenvalue weighted by Crippen LogP contribution is 2.77. The van der Waals surface area contributed by atoms with E-state index in [4.69, 9.17) is 58.0 Å². The third kappa shape index (κ3) is 1.51. The van der Waals surface area contributed by atoms with Gasteiger partial charge in [0.15, 0.2) is 4.33 Å². The highest BCUT2D eigenvalue weighted by Gasteiger charge is 2.86. The van der Waals surface area contributed by atoms with E-state index in [0.717, 1.165) is 4.90 Å². The van der Waals surface area contributed by atoms with E-state index in [9.17, 15) is 9.59 Å². The molecule has 1 aromatic rings. The number of imide groups is 1. The molecule has 4 rings (SSSR count). The minimum Gasteiger partial charge on any atom is -0.274 e. The molecule has 1 aliphatic heterocycles. The summed E-state index contributed by atoms with van der Waals surface area (Å²) in [5.41, 5.74) is 0.883. The number of para-hydroxylation sites is 1. The number of hydrogen-bond acceptors (Lipinski definition) is 2. The van der Waals surface area contributed by atoms with Crippen LogP contribution >= 0.6 is 58.0 Å². The van der Waals surface area contributed by atoms with Gasteiger partial charge in [0.1, 0.15) is 9.75 Å². The summed E-state index contributed by atoms with van der Waals surface area (Å²) in [7, 11) is 0. The van der Waals surface area contributed by atoms with Crippen LogP contribution in [0.15, 0.2) is 40.9 Å². The first-order valence-electron chi connectivity index (χ1n) is 7.17. The number of benzene rings is 1. The number of alkyl halides is 4. The zero-order valence-corrected chi connectivity index (χ0v) is 16.0. The Morgan fingerprint density at radius 2 is 1.42 bits per heavy atom. The van der Waals surface area contributed by atoms with Gasteiger partial charge in [-0.25, -0.2) is 4.90 Å². The number of carbonyl (C=O) groups excluding carboxylic acids is 2. The maximum absolute atomic E-state index is 13.1. The second kappa shape index (κ2) is 4.83. The lowest BCUT2D eigenvalue weighted by molar-refractivity contribution is -0.123. The van der Waals surface area contributed by atoms with Crippen LogP contribution in [0.5, 0.6) is 0 Å². The van der Waals surface area contributed by atoms with Crippen molar-refractivity contribution in [2.24, 2.45) is 11.8 Å². The Morgan fingerprint density at radius 1 is 0.917 bits per heavy atom. The number of amides is 2. The Morgan fingerprint density at radius 3 is 1.96 bits per heavy atom. The minimum atomic E-state index is -1.77. The van der Waals surface area contributed by atoms with Crippen LogP contribution in [0.4, 0.5) is 5.69 Å². The Kier molecular flexibility index (Phi) is 3.42. The normalized spacial score (nSPS) is 39.8. The highest BCUT2D eigenvalue weighted by atomic mass is 35.5. The van der Waals surface area contributed by atoms with Crippen LogP contribution in [0, 0.1) is 11.8 Å². The molecule has 0 unspecified atom stereocenters. The van der Waals surface area contributed by atoms with E-state index in [2.05, 4.69) is 0 Å². The van der Waals surface area contributed by atoms with Gasteiger partial charge >= 0.3 is 0 Å². The summed E-state index contributed by atoms with van der Waals surface area (Å²) >= 11 is 32.8. The molecule has 1 heterocycles. The van der Waals surface area contributed by atoms with Crippen molar-refractivity contribution in [3.8, 4) is 0 Å². The zero-order valence-electron chi connectivity index (χ0n) is 12.2. The third-order valence-electron chi connectivity index (χ3n) is 5.29. The van der Waals surface area contributed by atoms with Gasteiger partial charge in [0, 0.05) is 5.03 Å². The molecule has 8 heteroatoms. The molecule has 0 radical (unpaired) electrons. The van der Waals surface area contributed by atoms with Gasteiger partial charge < -0.3 is 0 Å². The quantitative estimate of drug-likeness (QED) is 0.492. The second-order valence-electron chi connectivity index (χ2n) is 6.24. The van der Waals surface area contributed by atoms with Crippen molar-refractivity contribution in [1.29, 1.82) is 0 Å². The predicted molar refractivity (Wildman–Crippen MR) is 96.1 cm³/mol. The largest absolute Gasteiger partial charge is 0.274 e. The first kappa shape index (κ1) is 17.0. The molecule has 24 heavy (non-hydrogen) atoms. The van der Waals surface area contributed by atoms with Crippen molar-refractivity contribution in [3.05, 3.63) is 40.9 Å². The lowest BCUT2D eigenvalue weighted by Gasteiger charge is -2.35. The molecule has 0 N–H and O–H groups in total. The van der Waals surface area contributed by atoms with Crippen molar-refractivity contribution in [3.63, 3.8) is 0 Å². The maximum Gasteiger partial charge on any atom is 0.240 e. The van der Waals surface area contributed by atoms with Crippen LogP contribution in [0.3, 0.4) is 0 Å². The fourth-order valence-electron chi connectivity index (χ4n) is 4.13. The van der Waals surface area contributed by atoms with Gasteiger partial charge in [-0.3, -0.25) is 9.59 Å². The Hall–Kier alpha value is -0.450. The molecule has 3 nitrogen and oxygen atoms in total. The number of fused-ring (bicyclic) bond motifs is 5. The summed E-state index contributed by atoms with van der Waals surface area (Å²) in [6, 6.07) is 8.58. The van der Waals surface area contributed by atoms with Crippen LogP contribution < -0.4 is 4.90 Å². The van der Waals surface area contributed by atoms with Crippen LogP contribution in [-0.2, 0) is 9.59 Å². The molecule has 0 spiro atoms. The summed E-state index contributed by atoms with van der Waals surface area (Å²) in [5.74, 6) is -2.95. The summed E-state index contributed by atoms with van der Waals surface area (Å²) < 4.78 is -1.77. The number of rotatable bonds is 1. The zero-order chi connectivity index (χ0) is 17.7. The fourth-order valence-corrected chi connectivity index (χ4v) is 6.65. The summed E-state index contributed by atoms with van der Waals surface area (Å²) in [4.78, 5) is 24.0. The van der Waals surface area contributed by atoms with Crippen molar-refractivity contribution >= 4 is 75.5 Å². The molecule has 1 aromatic carbocycles. The van der Waals surface area contributed by atoms with E-state index in [1.807, 2.05) is 0 Å². The first-order chi connectivity index (χ1) is 11.1. The maximum atomic E-state index is 13.1. The lowest BCUT2D eigenvalue weighted by atomic mass is 9.80. The minimum absolute atomic E-state index is 0.140. The third-order valence-corrected chi connectivity index (χ3v) is 9.05. The number of hydrogen-bond donors (Lipinski definition) is 0. The SMILES string of the molecule is CC1=C(Cl)[C@]2(Cl)[C@@H]3C(=O)N(c4ccccc4)C(=O)[C@@H]3[C@@]1(Cl)C2(Cl)Cl. The van der Waals surface area contributed by atoms with Gasteiger partial charge in [0.05, 0.1) is 17.5 Å². The van der Waals surface area contributed by atoms with Crippen molar-refractivity contribution in [1.82, 2.24) is 0 Å². The van der Waals surface area contributed by atoms with Crippen molar-refractivity contribution in [2.75, 3.05) is 4.90 Å². The van der Waals surface area contributed by atoms with Crippen LogP contribution in [0.2, 0.25) is 0 Å². The molecule has 1 saturated carbocycles. The topological polar surface area (TPSA) is 37.4 Å². The van der Waals surface area contributed by atoms with Gasteiger partial charge in [0.2, 0.25) is 11.8 Å². The summed E-state index contributed by atoms with van der Waals surface area (Å²) in [6.07, 6.45) is 0. The molecule has 4 atom stereocenters. The number of halogens is 5. The summed E-state index contributed by atoms with van der Waals surface area (Å²) in [6.45, 7) is 1.64. The molecule has 2 bridgehead atoms. The Bertz CT molecular complexity index is 777. The molecule has 2 amide bonds. The molecule has 3 aliphatic rings. The van der Waals surface area contributed by atoms with Crippen molar-refractivity contribution < 1.29 is 9.59 Å². The Balaban J connectivity index is 1.93. The van der Waals surface area contributed by atoms with Crippen LogP contribution in [0.1, 0.15) is 6.92 Å². The van der Waals surface area contributed by atoms with E-state index >= 15 is 0 Å². The number of anilines is 1. The van der Waals surface area contributed by atoms with Crippen molar-refractivity contribution in [2.45, 2.75) is 21.0 Å². The van der Waals surface area contributed by atoms with E-state index in [1.54, 1.807) is 37.3 Å². The average Bonchev–Trinajstić information content (AvgIpc) is 2.93. The molecule has 126 valence electrons. The standard InChI is InChI=1S/C16H10Cl5NO2/c1-7-11(17)15(19)10-9(14(7,18)16(15,20)21)12(23)22(13(10)24)8-5-3-2-4-6-8/h2-6,9-10H,1H3/t9-,10+,14-,15-/m1/s1. The van der Waals surface area contributed by atoms with Gasteiger partial charge in [-0.05, 0) is 24.6 Å². The fraction of sp³-hybridized carbons (Fsp3) is 0.375. The Labute approximate surface area is 163 Å². The lowest BCUT2D eigenvalue weighted by Crippen LogP contribution is -2.50. The van der Waals surface area contributed by atoms with Crippen LogP contribution in [-0.4, -0.2) is 25.9 Å². The number of carbonyl (C=O) groups is 2. The first-order valence-corrected chi connectivity index (χ1v) is 9.06. The number of allylic oxidation sites excluding steroid dienone is 2. The van der Waals surface area contributed by atoms with Gasteiger partial charge in [-0.15, -0.1) is 23.2 Å². The van der Waals surface area contributed by atoms with Crippen LogP contribution in [0.25, 0.3) is 0 Å². The predicted octanol–water partition coefficient (Wildman–Crippen LogP) is 4.46. The van der Waals surface area contributed by atoms with Gasteiger partial charge in [0.25, 0.3) is 0 Å². The second-order valence-corrected chi connectivity index (χ2v) is 9.14. The van der Waals surface area contributed by atoms with E-state index in [0.29, 0.717) is 11.3 Å². The van der Waals surface area contributed by atoms with E-state index in [-0.39, 0.29) is 5.03 Å². The molecular formula is C16H10Cl5NO2. The van der Waals surface area contributed by atoms with E-state index in [1.165, 1.54) is 0 Å². The van der Waals surface area contributed by atoms with E-state index < -0.39 is 37.7 Å². The summed E-state index contributed by atoms with van der Waals surface area (Å²) in [5, 5.41) is 0.140. The number of nitrogens with zero attached hydrogens (tertiary/aromatic N) is 1. The smallest absolute Gasteiger partial charge is 0.240 e. The highest BCUT2D eigenvalue weighted by molar-refractivity contribution is 6.64. The molecule has 2 fully saturated rings. The molecule has 1 saturated heterocycles. The molecule has 2 aliphatic carbocycles. The van der Waals surface area contributed by atoms with Gasteiger partial charge in [-0.2, -0.15) is 0 Å². The van der Waals surface area contributed by atoms with Gasteiger partial charge in [-0.1, -0.05) is 53.0 Å². The molecular weight excluding hydrogens is 415 g/mol.